The van der Waals surface area contributed by atoms with Gasteiger partial charge in [-0.2, -0.15) is 0 Å². The van der Waals surface area contributed by atoms with Gasteiger partial charge < -0.3 is 10.6 Å². The summed E-state index contributed by atoms with van der Waals surface area (Å²) in [5.41, 5.74) is 1.78. The average molecular weight is 476 g/mol. The fourth-order valence-electron chi connectivity index (χ4n) is 4.80. The van der Waals surface area contributed by atoms with E-state index in [1.54, 1.807) is 23.5 Å². The van der Waals surface area contributed by atoms with Gasteiger partial charge in [-0.15, -0.1) is 11.3 Å². The topological polar surface area (TPSA) is 95.6 Å². The maximum Gasteiger partial charge on any atom is 0.313 e. The maximum absolute atomic E-state index is 12.6. The van der Waals surface area contributed by atoms with Gasteiger partial charge in [-0.25, -0.2) is 8.42 Å². The first-order valence-electron chi connectivity index (χ1n) is 11.0. The monoisotopic (exact) mass is 475 g/mol. The molecule has 2 N–H and O–H groups in total. The average Bonchev–Trinajstić information content (AvgIpc) is 3.32. The van der Waals surface area contributed by atoms with Crippen LogP contribution in [0, 0.1) is 0 Å². The molecule has 0 unspecified atom stereocenters. The standard InChI is InChI=1S/C23H29N3O4S2/c1-32(29,30)26-13-5-7-17-9-10-18(15-19(17)26)25-22(28)21(27)24-16-23(11-3-2-4-12-23)20-8-6-14-31-20/h6,8-10,14-15H,2-5,7,11-13,16H2,1H3,(H,24,27)(H,25,28). The second kappa shape index (κ2) is 9.23. The van der Waals surface area contributed by atoms with Crippen molar-refractivity contribution in [2.75, 3.05) is 29.0 Å². The number of fused-ring (bicyclic) bond motifs is 1. The number of carbonyl (C=O) groups is 2. The molecule has 172 valence electrons. The Morgan fingerprint density at radius 2 is 1.88 bits per heavy atom. The van der Waals surface area contributed by atoms with E-state index in [1.807, 2.05) is 12.1 Å². The van der Waals surface area contributed by atoms with Crippen molar-refractivity contribution in [3.63, 3.8) is 0 Å². The smallest absolute Gasteiger partial charge is 0.313 e. The van der Waals surface area contributed by atoms with Crippen molar-refractivity contribution in [1.29, 1.82) is 0 Å². The molecule has 7 nitrogen and oxygen atoms in total. The van der Waals surface area contributed by atoms with Crippen LogP contribution >= 0.6 is 11.3 Å². The van der Waals surface area contributed by atoms with E-state index in [2.05, 4.69) is 22.1 Å². The number of aryl methyl sites for hydroxylation is 1. The first-order chi connectivity index (χ1) is 15.3. The van der Waals surface area contributed by atoms with E-state index in [9.17, 15) is 18.0 Å². The second-order valence-corrected chi connectivity index (χ2v) is 11.6. The zero-order chi connectivity index (χ0) is 22.8. The van der Waals surface area contributed by atoms with Crippen LogP contribution in [-0.2, 0) is 31.4 Å². The number of thiophene rings is 1. The van der Waals surface area contributed by atoms with Crippen LogP contribution in [0.4, 0.5) is 11.4 Å². The minimum Gasteiger partial charge on any atom is -0.347 e. The van der Waals surface area contributed by atoms with Crippen molar-refractivity contribution in [3.05, 3.63) is 46.2 Å². The van der Waals surface area contributed by atoms with E-state index in [0.29, 0.717) is 24.5 Å². The number of hydrogen-bond donors (Lipinski definition) is 2. The molecular weight excluding hydrogens is 446 g/mol. The van der Waals surface area contributed by atoms with Gasteiger partial charge in [0.1, 0.15) is 0 Å². The summed E-state index contributed by atoms with van der Waals surface area (Å²) in [6.07, 6.45) is 8.14. The van der Waals surface area contributed by atoms with Crippen molar-refractivity contribution in [2.24, 2.45) is 0 Å². The molecule has 1 aromatic heterocycles. The molecule has 0 bridgehead atoms. The summed E-state index contributed by atoms with van der Waals surface area (Å²) in [6.45, 7) is 0.848. The van der Waals surface area contributed by atoms with E-state index in [1.165, 1.54) is 21.9 Å². The van der Waals surface area contributed by atoms with E-state index >= 15 is 0 Å². The van der Waals surface area contributed by atoms with Crippen LogP contribution in [0.2, 0.25) is 0 Å². The predicted octanol–water partition coefficient (Wildman–Crippen LogP) is 3.42. The van der Waals surface area contributed by atoms with E-state index < -0.39 is 21.8 Å². The molecule has 2 amide bonds. The maximum atomic E-state index is 12.6. The summed E-state index contributed by atoms with van der Waals surface area (Å²) in [4.78, 5) is 26.4. The lowest BCUT2D eigenvalue weighted by molar-refractivity contribution is -0.136. The molecule has 1 aliphatic carbocycles. The van der Waals surface area contributed by atoms with Gasteiger partial charge in [0.25, 0.3) is 0 Å². The quantitative estimate of drug-likeness (QED) is 0.648. The summed E-state index contributed by atoms with van der Waals surface area (Å²) in [6, 6.07) is 9.30. The Kier molecular flexibility index (Phi) is 6.57. The minimum atomic E-state index is -3.41. The lowest BCUT2D eigenvalue weighted by Crippen LogP contribution is -2.45. The van der Waals surface area contributed by atoms with Crippen LogP contribution in [0.5, 0.6) is 0 Å². The Hall–Kier alpha value is -2.39. The molecule has 0 radical (unpaired) electrons. The van der Waals surface area contributed by atoms with Gasteiger partial charge in [-0.3, -0.25) is 13.9 Å². The number of sulfonamides is 1. The highest BCUT2D eigenvalue weighted by atomic mass is 32.2. The predicted molar refractivity (Wildman–Crippen MR) is 128 cm³/mol. The van der Waals surface area contributed by atoms with Crippen molar-refractivity contribution >= 4 is 44.5 Å². The van der Waals surface area contributed by atoms with Gasteiger partial charge in [0.15, 0.2) is 0 Å². The van der Waals surface area contributed by atoms with Gasteiger partial charge in [-0.1, -0.05) is 31.4 Å². The van der Waals surface area contributed by atoms with Gasteiger partial charge in [0.05, 0.1) is 11.9 Å². The van der Waals surface area contributed by atoms with Gasteiger partial charge in [-0.05, 0) is 54.8 Å². The number of nitrogens with zero attached hydrogens (tertiary/aromatic N) is 1. The third kappa shape index (κ3) is 4.83. The Bertz CT molecular complexity index is 1090. The molecule has 32 heavy (non-hydrogen) atoms. The van der Waals surface area contributed by atoms with Crippen molar-refractivity contribution in [3.8, 4) is 0 Å². The normalized spacial score (nSPS) is 18.0. The number of rotatable bonds is 5. The second-order valence-electron chi connectivity index (χ2n) is 8.74. The van der Waals surface area contributed by atoms with E-state index in [-0.39, 0.29) is 5.41 Å². The van der Waals surface area contributed by atoms with Crippen molar-refractivity contribution < 1.29 is 18.0 Å². The lowest BCUT2D eigenvalue weighted by Gasteiger charge is -2.36. The molecule has 9 heteroatoms. The van der Waals surface area contributed by atoms with Gasteiger partial charge in [0, 0.05) is 29.1 Å². The van der Waals surface area contributed by atoms with Crippen LogP contribution in [0.15, 0.2) is 35.7 Å². The molecular formula is C23H29N3O4S2. The van der Waals surface area contributed by atoms with Crippen LogP contribution in [0.1, 0.15) is 49.0 Å². The summed E-state index contributed by atoms with van der Waals surface area (Å²) in [5, 5.41) is 7.53. The van der Waals surface area contributed by atoms with Crippen molar-refractivity contribution in [1.82, 2.24) is 5.32 Å². The first-order valence-corrected chi connectivity index (χ1v) is 13.8. The van der Waals surface area contributed by atoms with Crippen LogP contribution in [0.3, 0.4) is 0 Å². The molecule has 4 rings (SSSR count). The number of anilines is 2. The highest BCUT2D eigenvalue weighted by Gasteiger charge is 2.35. The lowest BCUT2D eigenvalue weighted by atomic mass is 9.73. The number of carbonyl (C=O) groups excluding carboxylic acids is 2. The molecule has 0 saturated heterocycles. The molecule has 0 spiro atoms. The minimum absolute atomic E-state index is 0.107. The van der Waals surface area contributed by atoms with Crippen molar-refractivity contribution in [2.45, 2.75) is 50.4 Å². The number of hydrogen-bond acceptors (Lipinski definition) is 5. The zero-order valence-electron chi connectivity index (χ0n) is 18.2. The summed E-state index contributed by atoms with van der Waals surface area (Å²) in [7, 11) is -3.41. The Labute approximate surface area is 193 Å². The third-order valence-electron chi connectivity index (χ3n) is 6.47. The fraction of sp³-hybridized carbons (Fsp3) is 0.478. The molecule has 1 aromatic carbocycles. The largest absolute Gasteiger partial charge is 0.347 e. The molecule has 2 aliphatic rings. The number of nitrogens with one attached hydrogen (secondary N) is 2. The van der Waals surface area contributed by atoms with Crippen LogP contribution in [-0.4, -0.2) is 39.6 Å². The van der Waals surface area contributed by atoms with Gasteiger partial charge in [0.2, 0.25) is 10.0 Å². The number of amides is 2. The highest BCUT2D eigenvalue weighted by molar-refractivity contribution is 7.92. The molecule has 0 atom stereocenters. The third-order valence-corrected chi connectivity index (χ3v) is 8.76. The summed E-state index contributed by atoms with van der Waals surface area (Å²) in [5.74, 6) is -1.42. The van der Waals surface area contributed by atoms with Crippen LogP contribution in [0.25, 0.3) is 0 Å². The zero-order valence-corrected chi connectivity index (χ0v) is 19.9. The summed E-state index contributed by atoms with van der Waals surface area (Å²) >= 11 is 1.70. The molecule has 1 saturated carbocycles. The molecule has 2 heterocycles. The molecule has 1 aliphatic heterocycles. The Morgan fingerprint density at radius 3 is 2.56 bits per heavy atom. The fourth-order valence-corrected chi connectivity index (χ4v) is 6.78. The summed E-state index contributed by atoms with van der Waals surface area (Å²) < 4.78 is 25.6. The molecule has 1 fully saturated rings. The molecule has 2 aromatic rings. The first kappa shape index (κ1) is 22.8. The van der Waals surface area contributed by atoms with Gasteiger partial charge >= 0.3 is 11.8 Å². The van der Waals surface area contributed by atoms with E-state index in [4.69, 9.17) is 0 Å². The number of benzene rings is 1. The van der Waals surface area contributed by atoms with Crippen LogP contribution < -0.4 is 14.9 Å². The SMILES string of the molecule is CS(=O)(=O)N1CCCc2ccc(NC(=O)C(=O)NCC3(c4cccs4)CCCCC3)cc21. The Balaban J connectivity index is 1.43. The van der Waals surface area contributed by atoms with E-state index in [0.717, 1.165) is 44.1 Å². The Morgan fingerprint density at radius 1 is 1.09 bits per heavy atom. The highest BCUT2D eigenvalue weighted by Crippen LogP contribution is 2.41.